The van der Waals surface area contributed by atoms with E-state index in [1.807, 2.05) is 24.3 Å². The zero-order valence-corrected chi connectivity index (χ0v) is 15.0. The van der Waals surface area contributed by atoms with Gasteiger partial charge in [0.1, 0.15) is 11.6 Å². The Hall–Kier alpha value is -2.89. The van der Waals surface area contributed by atoms with Crippen LogP contribution in [0.15, 0.2) is 48.5 Å². The van der Waals surface area contributed by atoms with Crippen molar-refractivity contribution in [1.82, 2.24) is 10.2 Å². The smallest absolute Gasteiger partial charge is 0.239 e. The molecule has 2 amide bonds. The largest absolute Gasteiger partial charge is 0.497 e. The molecule has 0 heterocycles. The van der Waals surface area contributed by atoms with Crippen LogP contribution < -0.4 is 10.1 Å². The summed E-state index contributed by atoms with van der Waals surface area (Å²) in [4.78, 5) is 25.4. The predicted octanol–water partition coefficient (Wildman–Crippen LogP) is 2.54. The lowest BCUT2D eigenvalue weighted by Gasteiger charge is -2.21. The van der Waals surface area contributed by atoms with Crippen molar-refractivity contribution >= 4 is 11.8 Å². The summed E-state index contributed by atoms with van der Waals surface area (Å²) in [7, 11) is 1.59. The molecule has 0 spiro atoms. The maximum atomic E-state index is 13.6. The molecule has 0 saturated heterocycles. The molecule has 5 nitrogen and oxygen atoms in total. The highest BCUT2D eigenvalue weighted by Gasteiger charge is 2.14. The van der Waals surface area contributed by atoms with Gasteiger partial charge >= 0.3 is 0 Å². The minimum absolute atomic E-state index is 0.0430. The van der Waals surface area contributed by atoms with Crippen molar-refractivity contribution in [3.8, 4) is 5.75 Å². The van der Waals surface area contributed by atoms with Gasteiger partial charge in [0.05, 0.1) is 13.7 Å². The second kappa shape index (κ2) is 9.56. The molecule has 0 atom stereocenters. The van der Waals surface area contributed by atoms with Crippen molar-refractivity contribution in [3.05, 3.63) is 65.5 Å². The molecule has 0 radical (unpaired) electrons. The average molecular weight is 358 g/mol. The van der Waals surface area contributed by atoms with Crippen LogP contribution in [-0.4, -0.2) is 36.9 Å². The van der Waals surface area contributed by atoms with Gasteiger partial charge in [-0.05, 0) is 35.7 Å². The number of amides is 2. The van der Waals surface area contributed by atoms with Gasteiger partial charge in [0, 0.05) is 20.0 Å². The first-order chi connectivity index (χ1) is 12.5. The van der Waals surface area contributed by atoms with Crippen LogP contribution in [0.2, 0.25) is 0 Å². The van der Waals surface area contributed by atoms with Gasteiger partial charge in [-0.3, -0.25) is 9.59 Å². The fourth-order valence-electron chi connectivity index (χ4n) is 2.50. The molecule has 2 aromatic rings. The standard InChI is InChI=1S/C20H23FN2O3/c1-15(24)23(13-16-7-9-18(26-2)10-8-16)14-20(25)22-12-11-17-5-3-4-6-19(17)21/h3-10H,11-14H2,1-2H3,(H,22,25). The highest BCUT2D eigenvalue weighted by molar-refractivity contribution is 5.83. The molecule has 0 fully saturated rings. The fraction of sp³-hybridized carbons (Fsp3) is 0.300. The van der Waals surface area contributed by atoms with E-state index in [1.54, 1.807) is 25.3 Å². The Morgan fingerprint density at radius 3 is 2.42 bits per heavy atom. The van der Waals surface area contributed by atoms with E-state index in [2.05, 4.69) is 5.32 Å². The van der Waals surface area contributed by atoms with Gasteiger partial charge in [0.15, 0.2) is 0 Å². The first-order valence-corrected chi connectivity index (χ1v) is 8.38. The van der Waals surface area contributed by atoms with E-state index in [0.717, 1.165) is 11.3 Å². The SMILES string of the molecule is COc1ccc(CN(CC(=O)NCCc2ccccc2F)C(C)=O)cc1. The topological polar surface area (TPSA) is 58.6 Å². The molecule has 6 heteroatoms. The first-order valence-electron chi connectivity index (χ1n) is 8.38. The van der Waals surface area contributed by atoms with Gasteiger partial charge in [-0.2, -0.15) is 0 Å². The van der Waals surface area contributed by atoms with E-state index in [-0.39, 0.29) is 24.2 Å². The fourth-order valence-corrected chi connectivity index (χ4v) is 2.50. The number of nitrogens with zero attached hydrogens (tertiary/aromatic N) is 1. The zero-order chi connectivity index (χ0) is 18.9. The molecule has 26 heavy (non-hydrogen) atoms. The third kappa shape index (κ3) is 5.88. The molecule has 2 aromatic carbocycles. The Morgan fingerprint density at radius 2 is 1.81 bits per heavy atom. The van der Waals surface area contributed by atoms with Crippen LogP contribution in [0.1, 0.15) is 18.1 Å². The number of halogens is 1. The van der Waals surface area contributed by atoms with Crippen LogP contribution in [-0.2, 0) is 22.6 Å². The molecule has 0 aliphatic rings. The van der Waals surface area contributed by atoms with Crippen molar-refractivity contribution in [1.29, 1.82) is 0 Å². The molecule has 1 N–H and O–H groups in total. The zero-order valence-electron chi connectivity index (χ0n) is 15.0. The van der Waals surface area contributed by atoms with Crippen molar-refractivity contribution in [3.63, 3.8) is 0 Å². The second-order valence-corrected chi connectivity index (χ2v) is 5.91. The van der Waals surface area contributed by atoms with Crippen LogP contribution in [0.25, 0.3) is 0 Å². The number of carbonyl (C=O) groups excluding carboxylic acids is 2. The first kappa shape index (κ1) is 19.4. The summed E-state index contributed by atoms with van der Waals surface area (Å²) in [6.07, 6.45) is 0.400. The molecule has 0 aliphatic carbocycles. The number of hydrogen-bond donors (Lipinski definition) is 1. The quantitative estimate of drug-likeness (QED) is 0.789. The van der Waals surface area contributed by atoms with E-state index in [4.69, 9.17) is 4.74 Å². The molecule has 0 aliphatic heterocycles. The Bertz CT molecular complexity index is 747. The lowest BCUT2D eigenvalue weighted by atomic mass is 10.1. The highest BCUT2D eigenvalue weighted by Crippen LogP contribution is 2.13. The molecule has 138 valence electrons. The van der Waals surface area contributed by atoms with Crippen LogP contribution in [0.5, 0.6) is 5.75 Å². The van der Waals surface area contributed by atoms with E-state index in [1.165, 1.54) is 17.9 Å². The summed E-state index contributed by atoms with van der Waals surface area (Å²) in [6.45, 7) is 2.03. The minimum Gasteiger partial charge on any atom is -0.497 e. The summed E-state index contributed by atoms with van der Waals surface area (Å²) in [5, 5.41) is 2.73. The lowest BCUT2D eigenvalue weighted by Crippen LogP contribution is -2.40. The van der Waals surface area contributed by atoms with E-state index in [9.17, 15) is 14.0 Å². The molecular weight excluding hydrogens is 335 g/mol. The van der Waals surface area contributed by atoms with Crippen LogP contribution in [0.3, 0.4) is 0 Å². The monoisotopic (exact) mass is 358 g/mol. The maximum absolute atomic E-state index is 13.6. The van der Waals surface area contributed by atoms with Crippen molar-refractivity contribution in [2.75, 3.05) is 20.2 Å². The summed E-state index contributed by atoms with van der Waals surface area (Å²) < 4.78 is 18.7. The number of ether oxygens (including phenoxy) is 1. The molecule has 0 saturated carbocycles. The number of carbonyl (C=O) groups is 2. The summed E-state index contributed by atoms with van der Waals surface area (Å²) in [5.41, 5.74) is 1.45. The van der Waals surface area contributed by atoms with Crippen LogP contribution in [0, 0.1) is 5.82 Å². The van der Waals surface area contributed by atoms with Crippen LogP contribution in [0.4, 0.5) is 4.39 Å². The Labute approximate surface area is 152 Å². The maximum Gasteiger partial charge on any atom is 0.239 e. The Balaban J connectivity index is 1.85. The second-order valence-electron chi connectivity index (χ2n) is 5.91. The molecule has 0 unspecified atom stereocenters. The molecule has 0 bridgehead atoms. The van der Waals surface area contributed by atoms with Gasteiger partial charge in [-0.25, -0.2) is 4.39 Å². The third-order valence-electron chi connectivity index (χ3n) is 3.99. The van der Waals surface area contributed by atoms with E-state index in [0.29, 0.717) is 25.1 Å². The summed E-state index contributed by atoms with van der Waals surface area (Å²) >= 11 is 0. The van der Waals surface area contributed by atoms with Gasteiger partial charge in [-0.15, -0.1) is 0 Å². The van der Waals surface area contributed by atoms with E-state index < -0.39 is 0 Å². The lowest BCUT2D eigenvalue weighted by molar-refractivity contribution is -0.134. The Kier molecular flexibility index (Phi) is 7.14. The molecule has 2 rings (SSSR count). The molecule has 0 aromatic heterocycles. The normalized spacial score (nSPS) is 10.3. The van der Waals surface area contributed by atoms with Crippen molar-refractivity contribution in [2.45, 2.75) is 19.9 Å². The van der Waals surface area contributed by atoms with Crippen molar-refractivity contribution in [2.24, 2.45) is 0 Å². The Morgan fingerprint density at radius 1 is 1.12 bits per heavy atom. The van der Waals surface area contributed by atoms with Crippen molar-refractivity contribution < 1.29 is 18.7 Å². The summed E-state index contributed by atoms with van der Waals surface area (Å²) in [6, 6.07) is 13.8. The van der Waals surface area contributed by atoms with Gasteiger partial charge in [0.25, 0.3) is 0 Å². The predicted molar refractivity (Wildman–Crippen MR) is 97.2 cm³/mol. The number of hydrogen-bond acceptors (Lipinski definition) is 3. The average Bonchev–Trinajstić information content (AvgIpc) is 2.63. The molecular formula is C20H23FN2O3. The highest BCUT2D eigenvalue weighted by atomic mass is 19.1. The van der Waals surface area contributed by atoms with E-state index >= 15 is 0 Å². The van der Waals surface area contributed by atoms with Gasteiger partial charge < -0.3 is 15.0 Å². The minimum atomic E-state index is -0.286. The number of rotatable bonds is 8. The van der Waals surface area contributed by atoms with Gasteiger partial charge in [0.2, 0.25) is 11.8 Å². The number of nitrogens with one attached hydrogen (secondary N) is 1. The number of benzene rings is 2. The van der Waals surface area contributed by atoms with Gasteiger partial charge in [-0.1, -0.05) is 30.3 Å². The number of methoxy groups -OCH3 is 1. The third-order valence-corrected chi connectivity index (χ3v) is 3.99. The van der Waals surface area contributed by atoms with Crippen LogP contribution >= 0.6 is 0 Å². The summed E-state index contributed by atoms with van der Waals surface area (Å²) in [5.74, 6) is -0.0178.